The molecule has 18 heavy (non-hydrogen) atoms. The van der Waals surface area contributed by atoms with Crippen LogP contribution in [0.25, 0.3) is 6.08 Å². The Morgan fingerprint density at radius 2 is 2.00 bits per heavy atom. The lowest BCUT2D eigenvalue weighted by molar-refractivity contribution is -0.113. The third-order valence-corrected chi connectivity index (χ3v) is 2.18. The van der Waals surface area contributed by atoms with Crippen LogP contribution in [0.1, 0.15) is 19.4 Å². The molecule has 1 aromatic rings. The highest BCUT2D eigenvalue weighted by atomic mass is 35.5. The van der Waals surface area contributed by atoms with Gasteiger partial charge in [0.2, 0.25) is 5.91 Å². The van der Waals surface area contributed by atoms with Crippen molar-refractivity contribution in [3.63, 3.8) is 0 Å². The summed E-state index contributed by atoms with van der Waals surface area (Å²) >= 11 is 6.00. The van der Waals surface area contributed by atoms with E-state index < -0.39 is 5.91 Å². The fourth-order valence-electron chi connectivity index (χ4n) is 1.08. The smallest absolute Gasteiger partial charge is 0.241 e. The summed E-state index contributed by atoms with van der Waals surface area (Å²) in [6.07, 6.45) is 6.30. The summed E-state index contributed by atoms with van der Waals surface area (Å²) in [5.74, 6) is 0.223. The molecule has 0 spiro atoms. The molecule has 0 heterocycles. The molecule has 0 fully saturated rings. The van der Waals surface area contributed by atoms with Crippen molar-refractivity contribution in [2.24, 2.45) is 5.73 Å². The highest BCUT2D eigenvalue weighted by Gasteiger charge is 1.97. The van der Waals surface area contributed by atoms with Crippen LogP contribution in [0.4, 0.5) is 0 Å². The van der Waals surface area contributed by atoms with Gasteiger partial charge < -0.3 is 10.5 Å². The summed E-state index contributed by atoms with van der Waals surface area (Å²) in [7, 11) is 1.58. The second-order valence-electron chi connectivity index (χ2n) is 3.01. The second kappa shape index (κ2) is 9.31. The number of nitrogens with two attached hydrogens (primary N) is 1. The molecule has 0 radical (unpaired) electrons. The van der Waals surface area contributed by atoms with Crippen LogP contribution in [-0.2, 0) is 4.79 Å². The Kier molecular flexibility index (Phi) is 8.41. The van der Waals surface area contributed by atoms with Gasteiger partial charge in [0.25, 0.3) is 0 Å². The van der Waals surface area contributed by atoms with Gasteiger partial charge in [-0.1, -0.05) is 43.7 Å². The van der Waals surface area contributed by atoms with Crippen LogP contribution >= 0.6 is 11.6 Å². The molecule has 0 saturated carbocycles. The molecule has 3 nitrogen and oxygen atoms in total. The van der Waals surface area contributed by atoms with Crippen LogP contribution in [-0.4, -0.2) is 13.0 Å². The van der Waals surface area contributed by atoms with E-state index >= 15 is 0 Å². The van der Waals surface area contributed by atoms with Crippen LogP contribution < -0.4 is 10.5 Å². The molecule has 0 aliphatic rings. The van der Waals surface area contributed by atoms with Gasteiger partial charge in [0, 0.05) is 6.08 Å². The van der Waals surface area contributed by atoms with Crippen LogP contribution in [0.15, 0.2) is 36.4 Å². The monoisotopic (exact) mass is 267 g/mol. The Morgan fingerprint density at radius 3 is 2.50 bits per heavy atom. The number of hydrogen-bond donors (Lipinski definition) is 1. The highest BCUT2D eigenvalue weighted by Crippen LogP contribution is 2.23. The zero-order valence-corrected chi connectivity index (χ0v) is 11.6. The average molecular weight is 268 g/mol. The number of hydrogen-bond acceptors (Lipinski definition) is 2. The first kappa shape index (κ1) is 16.3. The molecule has 1 amide bonds. The van der Waals surface area contributed by atoms with Gasteiger partial charge in [-0.05, 0) is 23.8 Å². The molecule has 0 aromatic heterocycles. The van der Waals surface area contributed by atoms with Crippen molar-refractivity contribution < 1.29 is 9.53 Å². The molecule has 98 valence electrons. The molecule has 1 rings (SSSR count). The topological polar surface area (TPSA) is 52.3 Å². The van der Waals surface area contributed by atoms with Crippen LogP contribution in [0.2, 0.25) is 5.02 Å². The predicted octanol–water partition coefficient (Wildman–Crippen LogP) is 3.43. The van der Waals surface area contributed by atoms with Crippen LogP contribution in [0, 0.1) is 0 Å². The highest BCUT2D eigenvalue weighted by molar-refractivity contribution is 6.32. The molecule has 0 saturated heterocycles. The Labute approximate surface area is 113 Å². The van der Waals surface area contributed by atoms with Crippen molar-refractivity contribution in [1.29, 1.82) is 0 Å². The van der Waals surface area contributed by atoms with E-state index in [1.807, 2.05) is 26.0 Å². The molecular weight excluding hydrogens is 250 g/mol. The predicted molar refractivity (Wildman–Crippen MR) is 76.7 cm³/mol. The number of allylic oxidation sites excluding steroid dienone is 2. The van der Waals surface area contributed by atoms with E-state index in [1.54, 1.807) is 31.4 Å². The van der Waals surface area contributed by atoms with Crippen LogP contribution in [0.5, 0.6) is 5.75 Å². The third kappa shape index (κ3) is 6.11. The van der Waals surface area contributed by atoms with Gasteiger partial charge in [0.15, 0.2) is 0 Å². The van der Waals surface area contributed by atoms with Crippen molar-refractivity contribution in [2.45, 2.75) is 13.8 Å². The minimum Gasteiger partial charge on any atom is -0.497 e. The lowest BCUT2D eigenvalue weighted by Gasteiger charge is -2.02. The van der Waals surface area contributed by atoms with E-state index in [1.165, 1.54) is 6.08 Å². The van der Waals surface area contributed by atoms with Crippen molar-refractivity contribution in [2.75, 3.05) is 7.11 Å². The molecule has 2 N–H and O–H groups in total. The molecule has 0 atom stereocenters. The summed E-state index contributed by atoms with van der Waals surface area (Å²) in [4.78, 5) is 10.4. The van der Waals surface area contributed by atoms with Crippen molar-refractivity contribution >= 4 is 23.6 Å². The van der Waals surface area contributed by atoms with Gasteiger partial charge in [-0.3, -0.25) is 4.79 Å². The molecule has 0 aliphatic heterocycles. The van der Waals surface area contributed by atoms with Crippen LogP contribution in [0.3, 0.4) is 0 Å². The number of methoxy groups -OCH3 is 1. The van der Waals surface area contributed by atoms with Crippen molar-refractivity contribution in [3.05, 3.63) is 47.0 Å². The van der Waals surface area contributed by atoms with E-state index in [2.05, 4.69) is 0 Å². The van der Waals surface area contributed by atoms with Gasteiger partial charge in [0.05, 0.1) is 12.1 Å². The minimum atomic E-state index is -0.481. The summed E-state index contributed by atoms with van der Waals surface area (Å²) in [5.41, 5.74) is 5.78. The zero-order valence-electron chi connectivity index (χ0n) is 10.8. The average Bonchev–Trinajstić information content (AvgIpc) is 2.38. The Bertz CT molecular complexity index is 439. The van der Waals surface area contributed by atoms with E-state index in [9.17, 15) is 4.79 Å². The Balaban J connectivity index is 0.00000137. The first-order chi connectivity index (χ1) is 8.63. The summed E-state index contributed by atoms with van der Waals surface area (Å²) in [6.45, 7) is 4.00. The SMILES string of the molecule is CC.COc1ccc(/C=C/C=C/C(N)=O)c(Cl)c1. The number of primary amides is 1. The number of carbonyl (C=O) groups excluding carboxylic acids is 1. The fraction of sp³-hybridized carbons (Fsp3) is 0.214. The maximum atomic E-state index is 10.4. The van der Waals surface area contributed by atoms with E-state index in [4.69, 9.17) is 22.1 Å². The number of ether oxygens (including phenoxy) is 1. The van der Waals surface area contributed by atoms with E-state index in [0.717, 1.165) is 5.56 Å². The first-order valence-electron chi connectivity index (χ1n) is 5.61. The number of rotatable bonds is 4. The van der Waals surface area contributed by atoms with Gasteiger partial charge >= 0.3 is 0 Å². The molecule has 1 aromatic carbocycles. The second-order valence-corrected chi connectivity index (χ2v) is 3.42. The Hall–Kier alpha value is -1.74. The van der Waals surface area contributed by atoms with Gasteiger partial charge in [-0.15, -0.1) is 0 Å². The third-order valence-electron chi connectivity index (χ3n) is 1.86. The van der Waals surface area contributed by atoms with Gasteiger partial charge in [0.1, 0.15) is 5.75 Å². The molecule has 0 unspecified atom stereocenters. The lowest BCUT2D eigenvalue weighted by Crippen LogP contribution is -2.04. The molecule has 4 heteroatoms. The minimum absolute atomic E-state index is 0.481. The summed E-state index contributed by atoms with van der Waals surface area (Å²) < 4.78 is 5.02. The van der Waals surface area contributed by atoms with Gasteiger partial charge in [-0.2, -0.15) is 0 Å². The first-order valence-corrected chi connectivity index (χ1v) is 5.99. The van der Waals surface area contributed by atoms with E-state index in [0.29, 0.717) is 10.8 Å². The number of amides is 1. The van der Waals surface area contributed by atoms with Gasteiger partial charge in [-0.25, -0.2) is 0 Å². The molecule has 0 aliphatic carbocycles. The number of carbonyl (C=O) groups is 1. The normalized spacial score (nSPS) is 10.2. The summed E-state index contributed by atoms with van der Waals surface area (Å²) in [5, 5.41) is 0.586. The number of benzene rings is 1. The summed E-state index contributed by atoms with van der Waals surface area (Å²) in [6, 6.07) is 5.36. The van der Waals surface area contributed by atoms with Crippen molar-refractivity contribution in [1.82, 2.24) is 0 Å². The number of halogens is 1. The molecule has 0 bridgehead atoms. The zero-order chi connectivity index (χ0) is 14.0. The van der Waals surface area contributed by atoms with Crippen molar-refractivity contribution in [3.8, 4) is 5.75 Å². The lowest BCUT2D eigenvalue weighted by atomic mass is 10.2. The Morgan fingerprint density at radius 1 is 1.33 bits per heavy atom. The fourth-order valence-corrected chi connectivity index (χ4v) is 1.31. The standard InChI is InChI=1S/C12H12ClNO2.C2H6/c1-16-10-7-6-9(11(13)8-10)4-2-3-5-12(14)15;1-2/h2-8H,1H3,(H2,14,15);1-2H3/b4-2+,5-3+;. The van der Waals surface area contributed by atoms with E-state index in [-0.39, 0.29) is 0 Å². The maximum absolute atomic E-state index is 10.4. The quantitative estimate of drug-likeness (QED) is 0.671. The molecular formula is C14H18ClNO2. The maximum Gasteiger partial charge on any atom is 0.241 e. The largest absolute Gasteiger partial charge is 0.497 e.